The second-order valence-corrected chi connectivity index (χ2v) is 4.85. The van der Waals surface area contributed by atoms with Crippen molar-refractivity contribution in [1.29, 1.82) is 0 Å². The van der Waals surface area contributed by atoms with Gasteiger partial charge in [0.25, 0.3) is 0 Å². The van der Waals surface area contributed by atoms with Gasteiger partial charge in [0.15, 0.2) is 0 Å². The van der Waals surface area contributed by atoms with Gasteiger partial charge in [-0.25, -0.2) is 0 Å². The zero-order chi connectivity index (χ0) is 13.4. The van der Waals surface area contributed by atoms with Gasteiger partial charge in [0, 0.05) is 19.6 Å². The summed E-state index contributed by atoms with van der Waals surface area (Å²) in [7, 11) is 6.32. The minimum absolute atomic E-state index is 0.707. The Labute approximate surface area is 110 Å². The summed E-state index contributed by atoms with van der Waals surface area (Å²) in [5.74, 6) is 0.786. The van der Waals surface area contributed by atoms with Crippen molar-refractivity contribution in [2.24, 2.45) is 0 Å². The Morgan fingerprint density at radius 1 is 1.06 bits per heavy atom. The molecule has 102 valence electrons. The zero-order valence-electron chi connectivity index (χ0n) is 11.7. The number of likely N-dealkylation sites (N-methyl/N-ethyl adjacent to an activating group) is 2. The molecule has 0 atom stereocenters. The molecule has 0 spiro atoms. The van der Waals surface area contributed by atoms with Crippen molar-refractivity contribution in [2.75, 3.05) is 53.1 Å². The molecule has 0 saturated carbocycles. The Hall–Kier alpha value is -1.26. The molecule has 0 saturated heterocycles. The molecule has 0 aliphatic carbocycles. The number of nitrogens with two attached hydrogens (primary N) is 1. The summed E-state index contributed by atoms with van der Waals surface area (Å²) in [6.07, 6.45) is 1.01. The van der Waals surface area contributed by atoms with E-state index in [1.54, 1.807) is 0 Å². The summed E-state index contributed by atoms with van der Waals surface area (Å²) in [4.78, 5) is 4.51. The molecule has 0 heterocycles. The first kappa shape index (κ1) is 14.8. The molecule has 18 heavy (non-hydrogen) atoms. The molecule has 0 aromatic heterocycles. The number of para-hydroxylation sites is 2. The standard InChI is InChI=1S/C14H25N3O/c1-16(2)10-11-17(3)9-6-12-18-14-8-5-4-7-13(14)15/h4-5,7-8H,6,9-12,15H2,1-3H3. The molecule has 4 heteroatoms. The van der Waals surface area contributed by atoms with E-state index >= 15 is 0 Å². The number of hydrogen-bond acceptors (Lipinski definition) is 4. The van der Waals surface area contributed by atoms with Crippen LogP contribution in [0.5, 0.6) is 5.75 Å². The maximum atomic E-state index is 5.80. The first-order valence-corrected chi connectivity index (χ1v) is 6.40. The normalized spacial score (nSPS) is 11.2. The van der Waals surface area contributed by atoms with Crippen LogP contribution in [-0.2, 0) is 0 Å². The molecule has 4 nitrogen and oxygen atoms in total. The largest absolute Gasteiger partial charge is 0.491 e. The molecule has 0 unspecified atom stereocenters. The lowest BCUT2D eigenvalue weighted by Crippen LogP contribution is -2.29. The lowest BCUT2D eigenvalue weighted by atomic mass is 10.3. The quantitative estimate of drug-likeness (QED) is 0.562. The Morgan fingerprint density at radius 3 is 2.44 bits per heavy atom. The SMILES string of the molecule is CN(C)CCN(C)CCCOc1ccccc1N. The molecule has 2 N–H and O–H groups in total. The van der Waals surface area contributed by atoms with Gasteiger partial charge in [0.2, 0.25) is 0 Å². The van der Waals surface area contributed by atoms with Gasteiger partial charge in [0.1, 0.15) is 5.75 Å². The Morgan fingerprint density at radius 2 is 1.78 bits per heavy atom. The van der Waals surface area contributed by atoms with Crippen molar-refractivity contribution in [1.82, 2.24) is 9.80 Å². The van der Waals surface area contributed by atoms with Crippen LogP contribution in [0.15, 0.2) is 24.3 Å². The van der Waals surface area contributed by atoms with Crippen LogP contribution < -0.4 is 10.5 Å². The fourth-order valence-corrected chi connectivity index (χ4v) is 1.61. The fraction of sp³-hybridized carbons (Fsp3) is 0.571. The van der Waals surface area contributed by atoms with Crippen LogP contribution in [0.1, 0.15) is 6.42 Å². The fourth-order valence-electron chi connectivity index (χ4n) is 1.61. The molecule has 1 rings (SSSR count). The first-order valence-electron chi connectivity index (χ1n) is 6.40. The number of anilines is 1. The summed E-state index contributed by atoms with van der Waals surface area (Å²) in [5, 5.41) is 0. The van der Waals surface area contributed by atoms with Gasteiger partial charge in [0.05, 0.1) is 12.3 Å². The molecule has 0 fully saturated rings. The molecule has 0 bridgehead atoms. The highest BCUT2D eigenvalue weighted by molar-refractivity contribution is 5.51. The predicted molar refractivity (Wildman–Crippen MR) is 77.0 cm³/mol. The van der Waals surface area contributed by atoms with Gasteiger partial charge >= 0.3 is 0 Å². The molecule has 1 aromatic carbocycles. The van der Waals surface area contributed by atoms with Gasteiger partial charge in [-0.05, 0) is 39.7 Å². The van der Waals surface area contributed by atoms with Crippen molar-refractivity contribution in [3.63, 3.8) is 0 Å². The third-order valence-corrected chi connectivity index (χ3v) is 2.79. The summed E-state index contributed by atoms with van der Waals surface area (Å²) < 4.78 is 5.65. The van der Waals surface area contributed by atoms with Gasteiger partial charge in [-0.3, -0.25) is 0 Å². The number of benzene rings is 1. The predicted octanol–water partition coefficient (Wildman–Crippen LogP) is 1.53. The van der Waals surface area contributed by atoms with Crippen LogP contribution in [0, 0.1) is 0 Å². The van der Waals surface area contributed by atoms with Gasteiger partial charge < -0.3 is 20.3 Å². The van der Waals surface area contributed by atoms with E-state index in [0.29, 0.717) is 12.3 Å². The van der Waals surface area contributed by atoms with E-state index in [0.717, 1.165) is 31.8 Å². The zero-order valence-corrected chi connectivity index (χ0v) is 11.7. The average Bonchev–Trinajstić information content (AvgIpc) is 2.34. The van der Waals surface area contributed by atoms with E-state index in [4.69, 9.17) is 10.5 Å². The van der Waals surface area contributed by atoms with Gasteiger partial charge in [-0.2, -0.15) is 0 Å². The topological polar surface area (TPSA) is 41.7 Å². The van der Waals surface area contributed by atoms with Crippen LogP contribution in [0.2, 0.25) is 0 Å². The Bertz CT molecular complexity index is 342. The third-order valence-electron chi connectivity index (χ3n) is 2.79. The van der Waals surface area contributed by atoms with E-state index in [2.05, 4.69) is 30.9 Å². The second-order valence-electron chi connectivity index (χ2n) is 4.85. The van der Waals surface area contributed by atoms with Crippen molar-refractivity contribution < 1.29 is 4.74 Å². The van der Waals surface area contributed by atoms with Crippen LogP contribution in [0.3, 0.4) is 0 Å². The lowest BCUT2D eigenvalue weighted by Gasteiger charge is -2.19. The van der Waals surface area contributed by atoms with Gasteiger partial charge in [-0.1, -0.05) is 12.1 Å². The second kappa shape index (κ2) is 7.95. The molecular weight excluding hydrogens is 226 g/mol. The number of ether oxygens (including phenoxy) is 1. The molecular formula is C14H25N3O. The van der Waals surface area contributed by atoms with Gasteiger partial charge in [-0.15, -0.1) is 0 Å². The molecule has 0 aliphatic rings. The van der Waals surface area contributed by atoms with Crippen molar-refractivity contribution in [3.05, 3.63) is 24.3 Å². The van der Waals surface area contributed by atoms with Crippen molar-refractivity contribution in [2.45, 2.75) is 6.42 Å². The van der Waals surface area contributed by atoms with E-state index in [1.807, 2.05) is 24.3 Å². The highest BCUT2D eigenvalue weighted by Crippen LogP contribution is 2.19. The smallest absolute Gasteiger partial charge is 0.142 e. The van der Waals surface area contributed by atoms with E-state index in [1.165, 1.54) is 0 Å². The van der Waals surface area contributed by atoms with Crippen LogP contribution in [-0.4, -0.2) is 57.2 Å². The van der Waals surface area contributed by atoms with Crippen molar-refractivity contribution >= 4 is 5.69 Å². The Kier molecular flexibility index (Phi) is 6.54. The molecule has 0 aliphatic heterocycles. The summed E-state index contributed by atoms with van der Waals surface area (Å²) in [6.45, 7) is 3.92. The maximum absolute atomic E-state index is 5.80. The highest BCUT2D eigenvalue weighted by Gasteiger charge is 2.01. The van der Waals surface area contributed by atoms with E-state index in [-0.39, 0.29) is 0 Å². The van der Waals surface area contributed by atoms with Crippen LogP contribution in [0.25, 0.3) is 0 Å². The number of nitrogen functional groups attached to an aromatic ring is 1. The minimum Gasteiger partial charge on any atom is -0.491 e. The highest BCUT2D eigenvalue weighted by atomic mass is 16.5. The minimum atomic E-state index is 0.707. The van der Waals surface area contributed by atoms with Crippen molar-refractivity contribution in [3.8, 4) is 5.75 Å². The molecule has 0 radical (unpaired) electrons. The average molecular weight is 251 g/mol. The maximum Gasteiger partial charge on any atom is 0.142 e. The van der Waals surface area contributed by atoms with E-state index in [9.17, 15) is 0 Å². The van der Waals surface area contributed by atoms with E-state index < -0.39 is 0 Å². The molecule has 1 aromatic rings. The Balaban J connectivity index is 2.13. The summed E-state index contributed by atoms with van der Waals surface area (Å²) >= 11 is 0. The monoisotopic (exact) mass is 251 g/mol. The first-order chi connectivity index (χ1) is 8.59. The van der Waals surface area contributed by atoms with Crippen LogP contribution in [0.4, 0.5) is 5.69 Å². The molecule has 0 amide bonds. The summed E-state index contributed by atoms with van der Waals surface area (Å²) in [5.41, 5.74) is 6.51. The summed E-state index contributed by atoms with van der Waals surface area (Å²) in [6, 6.07) is 7.62. The number of hydrogen-bond donors (Lipinski definition) is 1. The van der Waals surface area contributed by atoms with Crippen LogP contribution >= 0.6 is 0 Å². The lowest BCUT2D eigenvalue weighted by molar-refractivity contribution is 0.246. The number of rotatable bonds is 8. The number of nitrogens with zero attached hydrogens (tertiary/aromatic N) is 2. The third kappa shape index (κ3) is 5.89.